The molecule has 1 atom stereocenters. The number of rotatable bonds is 5. The number of nitrogens with zero attached hydrogens (tertiary/aromatic N) is 2. The average molecular weight is 274 g/mol. The summed E-state index contributed by atoms with van der Waals surface area (Å²) < 4.78 is 0. The minimum atomic E-state index is -1.05. The number of carbonyl (C=O) groups is 2. The first-order valence-electron chi connectivity index (χ1n) is 6.64. The van der Waals surface area contributed by atoms with Crippen molar-refractivity contribution in [2.24, 2.45) is 5.92 Å². The van der Waals surface area contributed by atoms with E-state index in [1.54, 1.807) is 30.3 Å². The number of pyridine rings is 1. The zero-order valence-corrected chi connectivity index (χ0v) is 11.6. The number of carbonyl (C=O) groups excluding carboxylic acids is 1. The van der Waals surface area contributed by atoms with Crippen molar-refractivity contribution >= 4 is 18.0 Å². The summed E-state index contributed by atoms with van der Waals surface area (Å²) in [7, 11) is 1.77. The van der Waals surface area contributed by atoms with E-state index in [-0.39, 0.29) is 11.9 Å². The smallest absolute Gasteiger partial charge is 0.328 e. The van der Waals surface area contributed by atoms with Crippen molar-refractivity contribution in [3.63, 3.8) is 0 Å². The highest BCUT2D eigenvalue weighted by Crippen LogP contribution is 2.35. The van der Waals surface area contributed by atoms with Crippen LogP contribution in [0, 0.1) is 5.92 Å². The molecule has 1 fully saturated rings. The molecule has 1 aliphatic carbocycles. The van der Waals surface area contributed by atoms with E-state index < -0.39 is 5.97 Å². The van der Waals surface area contributed by atoms with Gasteiger partial charge in [0.1, 0.15) is 5.69 Å². The molecule has 106 valence electrons. The quantitative estimate of drug-likeness (QED) is 0.834. The largest absolute Gasteiger partial charge is 0.478 e. The number of amides is 1. The van der Waals surface area contributed by atoms with Gasteiger partial charge in [-0.25, -0.2) is 4.79 Å². The van der Waals surface area contributed by atoms with Gasteiger partial charge in [0.2, 0.25) is 0 Å². The van der Waals surface area contributed by atoms with Crippen molar-refractivity contribution in [3.05, 3.63) is 35.7 Å². The Morgan fingerprint density at radius 3 is 2.80 bits per heavy atom. The second kappa shape index (κ2) is 5.86. The molecule has 0 radical (unpaired) electrons. The highest BCUT2D eigenvalue weighted by atomic mass is 16.4. The van der Waals surface area contributed by atoms with Gasteiger partial charge < -0.3 is 10.0 Å². The average Bonchev–Trinajstić information content (AvgIpc) is 3.27. The van der Waals surface area contributed by atoms with E-state index >= 15 is 0 Å². The first-order valence-corrected chi connectivity index (χ1v) is 6.64. The normalized spacial score (nSPS) is 16.1. The Morgan fingerprint density at radius 1 is 1.50 bits per heavy atom. The first-order chi connectivity index (χ1) is 9.50. The molecular formula is C15H18N2O3. The number of carboxylic acids is 1. The molecule has 1 N–H and O–H groups in total. The summed E-state index contributed by atoms with van der Waals surface area (Å²) in [6.07, 6.45) is 6.27. The van der Waals surface area contributed by atoms with Gasteiger partial charge in [-0.3, -0.25) is 9.78 Å². The summed E-state index contributed by atoms with van der Waals surface area (Å²) >= 11 is 0. The van der Waals surface area contributed by atoms with Gasteiger partial charge in [0.25, 0.3) is 5.91 Å². The van der Waals surface area contributed by atoms with Crippen LogP contribution in [-0.2, 0) is 4.79 Å². The maximum atomic E-state index is 12.5. The van der Waals surface area contributed by atoms with Crippen molar-refractivity contribution in [2.45, 2.75) is 25.8 Å². The molecule has 1 aromatic rings. The topological polar surface area (TPSA) is 70.5 Å². The van der Waals surface area contributed by atoms with Crippen LogP contribution in [0.3, 0.4) is 0 Å². The summed E-state index contributed by atoms with van der Waals surface area (Å²) in [4.78, 5) is 28.9. The minimum Gasteiger partial charge on any atom is -0.478 e. The molecule has 0 aliphatic heterocycles. The van der Waals surface area contributed by atoms with Crippen molar-refractivity contribution in [3.8, 4) is 0 Å². The van der Waals surface area contributed by atoms with Crippen LogP contribution < -0.4 is 0 Å². The van der Waals surface area contributed by atoms with Crippen molar-refractivity contribution in [1.29, 1.82) is 0 Å². The van der Waals surface area contributed by atoms with Gasteiger partial charge >= 0.3 is 5.97 Å². The second-order valence-corrected chi connectivity index (χ2v) is 5.11. The van der Waals surface area contributed by atoms with Crippen LogP contribution in [0.15, 0.2) is 24.4 Å². The summed E-state index contributed by atoms with van der Waals surface area (Å²) in [5, 5.41) is 8.68. The second-order valence-electron chi connectivity index (χ2n) is 5.11. The first kappa shape index (κ1) is 14.2. The molecule has 2 rings (SSSR count). The Kier molecular flexibility index (Phi) is 4.17. The number of hydrogen-bond donors (Lipinski definition) is 1. The van der Waals surface area contributed by atoms with E-state index in [1.165, 1.54) is 6.08 Å². The van der Waals surface area contributed by atoms with E-state index in [4.69, 9.17) is 5.11 Å². The van der Waals surface area contributed by atoms with Crippen molar-refractivity contribution in [1.82, 2.24) is 9.88 Å². The maximum Gasteiger partial charge on any atom is 0.328 e. The third kappa shape index (κ3) is 3.23. The molecule has 0 saturated heterocycles. The Morgan fingerprint density at radius 2 is 2.20 bits per heavy atom. The number of carboxylic acid groups (broad SMARTS) is 1. The molecule has 5 nitrogen and oxygen atoms in total. The molecule has 1 aromatic heterocycles. The van der Waals surface area contributed by atoms with Crippen molar-refractivity contribution in [2.75, 3.05) is 7.05 Å². The molecule has 0 bridgehead atoms. The monoisotopic (exact) mass is 274 g/mol. The fourth-order valence-electron chi connectivity index (χ4n) is 2.14. The van der Waals surface area contributed by atoms with Gasteiger partial charge in [-0.1, -0.05) is 6.07 Å². The minimum absolute atomic E-state index is 0.171. The lowest BCUT2D eigenvalue weighted by molar-refractivity contribution is -0.131. The van der Waals surface area contributed by atoms with Crippen LogP contribution in [0.1, 0.15) is 35.8 Å². The van der Waals surface area contributed by atoms with Crippen molar-refractivity contribution < 1.29 is 14.7 Å². The van der Waals surface area contributed by atoms with Gasteiger partial charge in [-0.05, 0) is 37.8 Å². The summed E-state index contributed by atoms with van der Waals surface area (Å²) in [5.74, 6) is -0.646. The van der Waals surface area contributed by atoms with Crippen LogP contribution in [0.5, 0.6) is 0 Å². The van der Waals surface area contributed by atoms with Gasteiger partial charge in [0.05, 0.1) is 0 Å². The molecule has 0 spiro atoms. The predicted molar refractivity (Wildman–Crippen MR) is 75.2 cm³/mol. The highest BCUT2D eigenvalue weighted by Gasteiger charge is 2.33. The van der Waals surface area contributed by atoms with Gasteiger partial charge in [-0.15, -0.1) is 0 Å². The fraction of sp³-hybridized carbons (Fsp3) is 0.400. The maximum absolute atomic E-state index is 12.5. The number of aliphatic carboxylic acids is 1. The Hall–Kier alpha value is -2.17. The van der Waals surface area contributed by atoms with E-state index in [0.717, 1.165) is 18.9 Å². The standard InChI is InChI=1S/C15H18N2O3/c1-10(11-5-6-11)17(2)15(20)14-12(4-3-9-16-14)7-8-13(18)19/h3-4,7-11H,5-6H2,1-2H3,(H,18,19)/b8-7+. The Bertz CT molecular complexity index is 550. The van der Waals surface area contributed by atoms with Gasteiger partial charge in [0, 0.05) is 30.9 Å². The van der Waals surface area contributed by atoms with Crippen LogP contribution in [0.4, 0.5) is 0 Å². The molecule has 20 heavy (non-hydrogen) atoms. The molecule has 5 heteroatoms. The zero-order valence-electron chi connectivity index (χ0n) is 11.6. The molecule has 1 aliphatic rings. The lowest BCUT2D eigenvalue weighted by Crippen LogP contribution is -2.37. The van der Waals surface area contributed by atoms with Gasteiger partial charge in [-0.2, -0.15) is 0 Å². The van der Waals surface area contributed by atoms with E-state index in [1.807, 2.05) is 6.92 Å². The summed E-state index contributed by atoms with van der Waals surface area (Å²) in [5.41, 5.74) is 0.815. The fourth-order valence-corrected chi connectivity index (χ4v) is 2.14. The Labute approximate surface area is 117 Å². The molecule has 1 amide bonds. The van der Waals surface area contributed by atoms with Crippen LogP contribution >= 0.6 is 0 Å². The SMILES string of the molecule is CC(C1CC1)N(C)C(=O)c1ncccc1/C=C/C(=O)O. The number of aromatic nitrogens is 1. The van der Waals surface area contributed by atoms with Gasteiger partial charge in [0.15, 0.2) is 0 Å². The lowest BCUT2D eigenvalue weighted by atomic mass is 10.1. The van der Waals surface area contributed by atoms with E-state index in [9.17, 15) is 9.59 Å². The molecular weight excluding hydrogens is 256 g/mol. The van der Waals surface area contributed by atoms with Crippen LogP contribution in [0.25, 0.3) is 6.08 Å². The molecule has 1 heterocycles. The third-order valence-electron chi connectivity index (χ3n) is 3.68. The van der Waals surface area contributed by atoms with Crippen LogP contribution in [-0.4, -0.2) is 40.0 Å². The van der Waals surface area contributed by atoms with E-state index in [2.05, 4.69) is 4.98 Å². The van der Waals surface area contributed by atoms with E-state index in [0.29, 0.717) is 17.2 Å². The summed E-state index contributed by atoms with van der Waals surface area (Å²) in [6, 6.07) is 3.55. The number of hydrogen-bond acceptors (Lipinski definition) is 3. The predicted octanol–water partition coefficient (Wildman–Crippen LogP) is 2.05. The third-order valence-corrected chi connectivity index (χ3v) is 3.68. The molecule has 1 saturated carbocycles. The molecule has 1 unspecified atom stereocenters. The Balaban J connectivity index is 2.22. The van der Waals surface area contributed by atoms with Crippen LogP contribution in [0.2, 0.25) is 0 Å². The molecule has 0 aromatic carbocycles. The summed E-state index contributed by atoms with van der Waals surface area (Å²) in [6.45, 7) is 2.03. The highest BCUT2D eigenvalue weighted by molar-refractivity contribution is 5.97. The lowest BCUT2D eigenvalue weighted by Gasteiger charge is -2.25. The zero-order chi connectivity index (χ0) is 14.7.